The van der Waals surface area contributed by atoms with Crippen molar-refractivity contribution in [2.75, 3.05) is 18.0 Å². The van der Waals surface area contributed by atoms with E-state index in [0.717, 1.165) is 29.5 Å². The van der Waals surface area contributed by atoms with Crippen LogP contribution in [0.3, 0.4) is 0 Å². The first kappa shape index (κ1) is 17.1. The molecule has 0 aromatic heterocycles. The zero-order valence-corrected chi connectivity index (χ0v) is 16.6. The van der Waals surface area contributed by atoms with E-state index in [1.54, 1.807) is 0 Å². The largest absolute Gasteiger partial charge is 0.274 e. The Morgan fingerprint density at radius 1 is 0.889 bits per heavy atom. The topological polar surface area (TPSA) is 43.9 Å². The van der Waals surface area contributed by atoms with Crippen molar-refractivity contribution in [1.29, 1.82) is 0 Å². The lowest BCUT2D eigenvalue weighted by Gasteiger charge is -2.30. The standard InChI is InChI=1S/C21H20BrN3O2/c1-13-7-9-14(10-8-13)18-17-19(24-12-4-11-23(18)24)21(27)25(20(17)26)16-6-3-2-5-15(16)22/h2-3,5-10,17-19H,4,11-12H2,1H3/t17-,18-,19+/m1/s1. The van der Waals surface area contributed by atoms with E-state index in [4.69, 9.17) is 0 Å². The molecule has 2 aromatic rings. The molecule has 27 heavy (non-hydrogen) atoms. The molecule has 3 aliphatic heterocycles. The third-order valence-corrected chi connectivity index (χ3v) is 6.59. The molecule has 0 unspecified atom stereocenters. The Balaban J connectivity index is 1.60. The second-order valence-electron chi connectivity index (χ2n) is 7.47. The number of amides is 2. The van der Waals surface area contributed by atoms with Crippen molar-refractivity contribution in [1.82, 2.24) is 10.0 Å². The van der Waals surface area contributed by atoms with Gasteiger partial charge in [-0.15, -0.1) is 0 Å². The van der Waals surface area contributed by atoms with Crippen LogP contribution in [0.15, 0.2) is 53.0 Å². The summed E-state index contributed by atoms with van der Waals surface area (Å²) in [5, 5.41) is 4.37. The van der Waals surface area contributed by atoms with Crippen molar-refractivity contribution in [3.05, 3.63) is 64.1 Å². The van der Waals surface area contributed by atoms with Gasteiger partial charge >= 0.3 is 0 Å². The van der Waals surface area contributed by atoms with Gasteiger partial charge < -0.3 is 0 Å². The number of hydrogen-bond donors (Lipinski definition) is 0. The summed E-state index contributed by atoms with van der Waals surface area (Å²) in [5.41, 5.74) is 2.93. The molecule has 0 spiro atoms. The fraction of sp³-hybridized carbons (Fsp3) is 0.333. The number of hydrazine groups is 1. The van der Waals surface area contributed by atoms with Crippen LogP contribution in [0, 0.1) is 12.8 Å². The van der Waals surface area contributed by atoms with Gasteiger partial charge in [0.2, 0.25) is 5.91 Å². The number of fused-ring (bicyclic) bond motifs is 3. The maximum absolute atomic E-state index is 13.5. The number of nitrogens with zero attached hydrogens (tertiary/aromatic N) is 3. The Morgan fingerprint density at radius 3 is 2.26 bits per heavy atom. The molecule has 0 N–H and O–H groups in total. The van der Waals surface area contributed by atoms with E-state index in [2.05, 4.69) is 57.1 Å². The number of carbonyl (C=O) groups is 2. The Bertz CT molecular complexity index is 929. The van der Waals surface area contributed by atoms with Crippen LogP contribution in [0.5, 0.6) is 0 Å². The molecule has 2 amide bonds. The third-order valence-electron chi connectivity index (χ3n) is 5.92. The Morgan fingerprint density at radius 2 is 1.56 bits per heavy atom. The normalized spacial score (nSPS) is 28.1. The summed E-state index contributed by atoms with van der Waals surface area (Å²) in [6, 6.07) is 15.3. The Hall–Kier alpha value is -2.02. The number of aryl methyl sites for hydroxylation is 1. The highest BCUT2D eigenvalue weighted by molar-refractivity contribution is 9.10. The number of halogens is 1. The maximum Gasteiger partial charge on any atom is 0.253 e. The van der Waals surface area contributed by atoms with Gasteiger partial charge in [-0.1, -0.05) is 42.0 Å². The van der Waals surface area contributed by atoms with Gasteiger partial charge in [0.25, 0.3) is 5.91 Å². The van der Waals surface area contributed by atoms with Crippen LogP contribution in [0.25, 0.3) is 0 Å². The SMILES string of the molecule is Cc1ccc([C@@H]2[C@H]3C(=O)N(c4ccccc4Br)C(=O)[C@H]3N3CCCN23)cc1. The fourth-order valence-electron chi connectivity index (χ4n) is 4.75. The fourth-order valence-corrected chi connectivity index (χ4v) is 5.21. The first-order valence-corrected chi connectivity index (χ1v) is 10.1. The predicted molar refractivity (Wildman–Crippen MR) is 106 cm³/mol. The number of para-hydroxylation sites is 1. The molecule has 0 aliphatic carbocycles. The molecule has 3 heterocycles. The van der Waals surface area contributed by atoms with E-state index >= 15 is 0 Å². The highest BCUT2D eigenvalue weighted by Gasteiger charge is 2.62. The molecule has 0 radical (unpaired) electrons. The molecule has 0 bridgehead atoms. The molecule has 3 saturated heterocycles. The van der Waals surface area contributed by atoms with Gasteiger partial charge in [-0.3, -0.25) is 9.59 Å². The summed E-state index contributed by atoms with van der Waals surface area (Å²) in [6.45, 7) is 3.77. The monoisotopic (exact) mass is 425 g/mol. The molecule has 0 saturated carbocycles. The zero-order chi connectivity index (χ0) is 18.7. The van der Waals surface area contributed by atoms with Gasteiger partial charge in [0, 0.05) is 17.6 Å². The summed E-state index contributed by atoms with van der Waals surface area (Å²) in [7, 11) is 0. The molecular weight excluding hydrogens is 406 g/mol. The molecule has 2 aromatic carbocycles. The number of anilines is 1. The van der Waals surface area contributed by atoms with E-state index in [1.807, 2.05) is 24.3 Å². The van der Waals surface area contributed by atoms with Crippen LogP contribution < -0.4 is 4.90 Å². The lowest BCUT2D eigenvalue weighted by atomic mass is 9.89. The van der Waals surface area contributed by atoms with E-state index in [0.29, 0.717) is 5.69 Å². The molecule has 5 rings (SSSR count). The van der Waals surface area contributed by atoms with Crippen molar-refractivity contribution in [3.8, 4) is 0 Å². The molecule has 5 nitrogen and oxygen atoms in total. The highest BCUT2D eigenvalue weighted by Crippen LogP contribution is 2.49. The minimum Gasteiger partial charge on any atom is -0.274 e. The summed E-state index contributed by atoms with van der Waals surface area (Å²) in [5.74, 6) is -0.581. The minimum absolute atomic E-state index is 0.0814. The zero-order valence-electron chi connectivity index (χ0n) is 15.0. The quantitative estimate of drug-likeness (QED) is 0.692. The van der Waals surface area contributed by atoms with Crippen molar-refractivity contribution in [3.63, 3.8) is 0 Å². The Kier molecular flexibility index (Phi) is 3.96. The highest BCUT2D eigenvalue weighted by atomic mass is 79.9. The Labute approximate surface area is 166 Å². The number of imide groups is 1. The van der Waals surface area contributed by atoms with Crippen LogP contribution >= 0.6 is 15.9 Å². The number of benzene rings is 2. The van der Waals surface area contributed by atoms with Crippen LogP contribution in [0.4, 0.5) is 5.69 Å². The van der Waals surface area contributed by atoms with Gasteiger partial charge in [-0.05, 0) is 47.0 Å². The van der Waals surface area contributed by atoms with Crippen molar-refractivity contribution in [2.45, 2.75) is 25.4 Å². The molecular formula is C21H20BrN3O2. The lowest BCUT2D eigenvalue weighted by Crippen LogP contribution is -2.44. The number of rotatable bonds is 2. The van der Waals surface area contributed by atoms with Crippen LogP contribution in [0.2, 0.25) is 0 Å². The summed E-state index contributed by atoms with van der Waals surface area (Å²) in [6.07, 6.45) is 1.02. The van der Waals surface area contributed by atoms with Crippen LogP contribution in [-0.4, -0.2) is 41.0 Å². The molecule has 6 heteroatoms. The molecule has 3 fully saturated rings. The smallest absolute Gasteiger partial charge is 0.253 e. The average molecular weight is 426 g/mol. The van der Waals surface area contributed by atoms with Crippen LogP contribution in [-0.2, 0) is 9.59 Å². The van der Waals surface area contributed by atoms with Gasteiger partial charge in [-0.2, -0.15) is 0 Å². The molecule has 138 valence electrons. The average Bonchev–Trinajstić information content (AvgIpc) is 3.30. The van der Waals surface area contributed by atoms with Crippen molar-refractivity contribution < 1.29 is 9.59 Å². The lowest BCUT2D eigenvalue weighted by molar-refractivity contribution is -0.126. The first-order chi connectivity index (χ1) is 13.1. The minimum atomic E-state index is -0.404. The first-order valence-electron chi connectivity index (χ1n) is 9.30. The predicted octanol–water partition coefficient (Wildman–Crippen LogP) is 3.29. The summed E-state index contributed by atoms with van der Waals surface area (Å²) >= 11 is 3.50. The maximum atomic E-state index is 13.5. The van der Waals surface area contributed by atoms with E-state index in [9.17, 15) is 9.59 Å². The van der Waals surface area contributed by atoms with E-state index in [-0.39, 0.29) is 23.8 Å². The van der Waals surface area contributed by atoms with Gasteiger partial charge in [0.15, 0.2) is 0 Å². The summed E-state index contributed by atoms with van der Waals surface area (Å²) in [4.78, 5) is 28.2. The van der Waals surface area contributed by atoms with Crippen molar-refractivity contribution in [2.24, 2.45) is 5.92 Å². The molecule has 3 atom stereocenters. The van der Waals surface area contributed by atoms with Gasteiger partial charge in [0.1, 0.15) is 6.04 Å². The van der Waals surface area contributed by atoms with E-state index in [1.165, 1.54) is 10.5 Å². The van der Waals surface area contributed by atoms with Gasteiger partial charge in [0.05, 0.1) is 17.6 Å². The van der Waals surface area contributed by atoms with Crippen molar-refractivity contribution >= 4 is 33.4 Å². The molecule has 3 aliphatic rings. The van der Waals surface area contributed by atoms with E-state index < -0.39 is 6.04 Å². The number of carbonyl (C=O) groups excluding carboxylic acids is 2. The summed E-state index contributed by atoms with van der Waals surface area (Å²) < 4.78 is 0.761. The second kappa shape index (κ2) is 6.26. The van der Waals surface area contributed by atoms with Gasteiger partial charge in [-0.25, -0.2) is 14.9 Å². The number of hydrogen-bond acceptors (Lipinski definition) is 4. The van der Waals surface area contributed by atoms with Crippen LogP contribution in [0.1, 0.15) is 23.6 Å². The third kappa shape index (κ3) is 2.43. The second-order valence-corrected chi connectivity index (χ2v) is 8.32.